The summed E-state index contributed by atoms with van der Waals surface area (Å²) in [7, 11) is 0. The van der Waals surface area contributed by atoms with Crippen LogP contribution in [0, 0.1) is 11.7 Å². The van der Waals surface area contributed by atoms with Crippen molar-refractivity contribution in [2.45, 2.75) is 50.9 Å². The molecule has 0 amide bonds. The van der Waals surface area contributed by atoms with Gasteiger partial charge in [-0.2, -0.15) is 0 Å². The van der Waals surface area contributed by atoms with Gasteiger partial charge in [-0.15, -0.1) is 0 Å². The molecular formula is C16H21BrFNO. The predicted molar refractivity (Wildman–Crippen MR) is 81.3 cm³/mol. The second kappa shape index (κ2) is 6.12. The second-order valence-corrected chi connectivity index (χ2v) is 6.84. The third kappa shape index (κ3) is 3.07. The lowest BCUT2D eigenvalue weighted by atomic mass is 9.81. The highest BCUT2D eigenvalue weighted by Gasteiger charge is 2.44. The molecule has 110 valence electrons. The van der Waals surface area contributed by atoms with Crippen LogP contribution in [0.2, 0.25) is 0 Å². The molecule has 0 aliphatic carbocycles. The molecule has 4 unspecified atom stereocenters. The molecule has 0 saturated carbocycles. The molecule has 0 spiro atoms. The first-order valence-corrected chi connectivity index (χ1v) is 8.29. The first-order chi connectivity index (χ1) is 9.65. The molecule has 0 radical (unpaired) electrons. The van der Waals surface area contributed by atoms with Gasteiger partial charge in [0.25, 0.3) is 0 Å². The van der Waals surface area contributed by atoms with Crippen molar-refractivity contribution < 1.29 is 9.13 Å². The highest BCUT2D eigenvalue weighted by Crippen LogP contribution is 2.41. The van der Waals surface area contributed by atoms with E-state index in [-0.39, 0.29) is 5.82 Å². The van der Waals surface area contributed by atoms with Crippen LogP contribution in [0.4, 0.5) is 4.39 Å². The Hall–Kier alpha value is -0.450. The Balaban J connectivity index is 1.73. The van der Waals surface area contributed by atoms with Crippen LogP contribution in [0.5, 0.6) is 0 Å². The van der Waals surface area contributed by atoms with E-state index in [2.05, 4.69) is 28.2 Å². The van der Waals surface area contributed by atoms with Crippen LogP contribution in [0.25, 0.3) is 0 Å². The largest absolute Gasteiger partial charge is 0.375 e. The van der Waals surface area contributed by atoms with Crippen LogP contribution in [-0.4, -0.2) is 24.8 Å². The van der Waals surface area contributed by atoms with Gasteiger partial charge in [0.1, 0.15) is 5.82 Å². The molecule has 2 bridgehead atoms. The first kappa shape index (κ1) is 14.5. The van der Waals surface area contributed by atoms with Gasteiger partial charge in [-0.1, -0.05) is 22.9 Å². The summed E-state index contributed by atoms with van der Waals surface area (Å²) in [5.41, 5.74) is 1.05. The number of likely N-dealkylation sites (N-methyl/N-ethyl adjacent to an activating group) is 1. The van der Waals surface area contributed by atoms with Crippen molar-refractivity contribution in [2.75, 3.05) is 6.54 Å². The maximum Gasteiger partial charge on any atom is 0.124 e. The molecular weight excluding hydrogens is 321 g/mol. The first-order valence-electron chi connectivity index (χ1n) is 7.49. The summed E-state index contributed by atoms with van der Waals surface area (Å²) in [6.07, 6.45) is 5.28. The third-order valence-electron chi connectivity index (χ3n) is 4.51. The van der Waals surface area contributed by atoms with Gasteiger partial charge in [-0.05, 0) is 56.0 Å². The van der Waals surface area contributed by atoms with E-state index in [9.17, 15) is 4.39 Å². The Morgan fingerprint density at radius 3 is 2.85 bits per heavy atom. The number of hydrogen-bond donors (Lipinski definition) is 1. The molecule has 2 nitrogen and oxygen atoms in total. The van der Waals surface area contributed by atoms with Crippen molar-refractivity contribution in [1.29, 1.82) is 0 Å². The van der Waals surface area contributed by atoms with Gasteiger partial charge in [0.15, 0.2) is 0 Å². The standard InChI is InChI=1S/C16H21BrFNO/c1-2-19-15(14-9-13-3-4-16(14)20-13)7-10-5-11(17)8-12(18)6-10/h5-6,8,13-16,19H,2-4,7,9H2,1H3. The molecule has 0 aromatic heterocycles. The topological polar surface area (TPSA) is 21.3 Å². The van der Waals surface area contributed by atoms with Crippen molar-refractivity contribution >= 4 is 15.9 Å². The minimum absolute atomic E-state index is 0.172. The van der Waals surface area contributed by atoms with E-state index >= 15 is 0 Å². The zero-order valence-corrected chi connectivity index (χ0v) is 13.3. The highest BCUT2D eigenvalue weighted by molar-refractivity contribution is 9.10. The Labute approximate surface area is 128 Å². The molecule has 4 atom stereocenters. The summed E-state index contributed by atoms with van der Waals surface area (Å²) < 4.78 is 20.3. The summed E-state index contributed by atoms with van der Waals surface area (Å²) in [6.45, 7) is 3.07. The molecule has 2 aliphatic heterocycles. The highest BCUT2D eigenvalue weighted by atomic mass is 79.9. The molecule has 20 heavy (non-hydrogen) atoms. The van der Waals surface area contributed by atoms with Gasteiger partial charge in [-0.3, -0.25) is 0 Å². The normalized spacial score (nSPS) is 29.9. The Morgan fingerprint density at radius 1 is 1.40 bits per heavy atom. The van der Waals surface area contributed by atoms with Gasteiger partial charge >= 0.3 is 0 Å². The van der Waals surface area contributed by atoms with Gasteiger partial charge in [0.05, 0.1) is 12.2 Å². The van der Waals surface area contributed by atoms with Gasteiger partial charge < -0.3 is 10.1 Å². The van der Waals surface area contributed by atoms with E-state index in [0.29, 0.717) is 24.2 Å². The molecule has 1 aromatic rings. The maximum atomic E-state index is 13.5. The number of benzene rings is 1. The van der Waals surface area contributed by atoms with E-state index < -0.39 is 0 Å². The smallest absolute Gasteiger partial charge is 0.124 e. The fourth-order valence-corrected chi connectivity index (χ4v) is 4.23. The molecule has 2 fully saturated rings. The van der Waals surface area contributed by atoms with E-state index in [1.807, 2.05) is 6.07 Å². The summed E-state index contributed by atoms with van der Waals surface area (Å²) in [6, 6.07) is 5.54. The monoisotopic (exact) mass is 341 g/mol. The van der Waals surface area contributed by atoms with Crippen LogP contribution in [0.1, 0.15) is 31.7 Å². The Kier molecular flexibility index (Phi) is 4.43. The Bertz CT molecular complexity index is 461. The lowest BCUT2D eigenvalue weighted by Crippen LogP contribution is -2.42. The van der Waals surface area contributed by atoms with Crippen molar-refractivity contribution in [3.63, 3.8) is 0 Å². The van der Waals surface area contributed by atoms with Gasteiger partial charge in [-0.25, -0.2) is 4.39 Å². The molecule has 2 saturated heterocycles. The lowest BCUT2D eigenvalue weighted by molar-refractivity contribution is 0.0858. The number of fused-ring (bicyclic) bond motifs is 2. The minimum Gasteiger partial charge on any atom is -0.375 e. The summed E-state index contributed by atoms with van der Waals surface area (Å²) in [4.78, 5) is 0. The second-order valence-electron chi connectivity index (χ2n) is 5.92. The molecule has 2 aliphatic rings. The SMILES string of the molecule is CCNC(Cc1cc(F)cc(Br)c1)C1CC2CCC1O2. The van der Waals surface area contributed by atoms with E-state index in [1.54, 1.807) is 6.07 Å². The molecule has 4 heteroatoms. The van der Waals surface area contributed by atoms with Crippen molar-refractivity contribution in [3.8, 4) is 0 Å². The average Bonchev–Trinajstić information content (AvgIpc) is 2.99. The van der Waals surface area contributed by atoms with Crippen LogP contribution < -0.4 is 5.32 Å². The number of hydrogen-bond acceptors (Lipinski definition) is 2. The molecule has 1 aromatic carbocycles. The van der Waals surface area contributed by atoms with Crippen LogP contribution in [-0.2, 0) is 11.2 Å². The van der Waals surface area contributed by atoms with Gasteiger partial charge in [0, 0.05) is 16.4 Å². The number of rotatable bonds is 5. The minimum atomic E-state index is -0.172. The third-order valence-corrected chi connectivity index (χ3v) is 4.97. The quantitative estimate of drug-likeness (QED) is 0.882. The number of halogens is 2. The predicted octanol–water partition coefficient (Wildman–Crippen LogP) is 3.68. The molecule has 3 rings (SSSR count). The summed E-state index contributed by atoms with van der Waals surface area (Å²) >= 11 is 3.37. The van der Waals surface area contributed by atoms with E-state index in [4.69, 9.17) is 4.74 Å². The lowest BCUT2D eigenvalue weighted by Gasteiger charge is -2.29. The van der Waals surface area contributed by atoms with E-state index in [1.165, 1.54) is 18.9 Å². The zero-order valence-electron chi connectivity index (χ0n) is 11.7. The van der Waals surface area contributed by atoms with Gasteiger partial charge in [0.2, 0.25) is 0 Å². The van der Waals surface area contributed by atoms with Crippen LogP contribution >= 0.6 is 15.9 Å². The van der Waals surface area contributed by atoms with Crippen LogP contribution in [0.3, 0.4) is 0 Å². The molecule has 1 N–H and O–H groups in total. The maximum absolute atomic E-state index is 13.5. The van der Waals surface area contributed by atoms with Crippen LogP contribution in [0.15, 0.2) is 22.7 Å². The average molecular weight is 342 g/mol. The fraction of sp³-hybridized carbons (Fsp3) is 0.625. The summed E-state index contributed by atoms with van der Waals surface area (Å²) in [5, 5.41) is 3.58. The van der Waals surface area contributed by atoms with Crippen molar-refractivity contribution in [2.24, 2.45) is 5.92 Å². The summed E-state index contributed by atoms with van der Waals surface area (Å²) in [5.74, 6) is 0.393. The van der Waals surface area contributed by atoms with Crippen molar-refractivity contribution in [1.82, 2.24) is 5.32 Å². The number of nitrogens with one attached hydrogen (secondary N) is 1. The number of ether oxygens (including phenoxy) is 1. The fourth-order valence-electron chi connectivity index (χ4n) is 3.72. The zero-order chi connectivity index (χ0) is 14.1. The van der Waals surface area contributed by atoms with Crippen molar-refractivity contribution in [3.05, 3.63) is 34.1 Å². The Morgan fingerprint density at radius 2 is 2.25 bits per heavy atom. The molecule has 2 heterocycles. The van der Waals surface area contributed by atoms with E-state index in [0.717, 1.165) is 29.4 Å².